The molecule has 27 heavy (non-hydrogen) atoms. The van der Waals surface area contributed by atoms with Gasteiger partial charge in [-0.05, 0) is 56.0 Å². The highest BCUT2D eigenvalue weighted by molar-refractivity contribution is 5.99. The fourth-order valence-electron chi connectivity index (χ4n) is 3.87. The van der Waals surface area contributed by atoms with Gasteiger partial charge in [0.1, 0.15) is 0 Å². The number of amides is 1. The second kappa shape index (κ2) is 7.57. The van der Waals surface area contributed by atoms with Gasteiger partial charge in [-0.1, -0.05) is 30.3 Å². The number of rotatable bonds is 5. The molecular weight excluding hydrogens is 336 g/mol. The van der Waals surface area contributed by atoms with Gasteiger partial charge in [0.15, 0.2) is 0 Å². The predicted molar refractivity (Wildman–Crippen MR) is 108 cm³/mol. The summed E-state index contributed by atoms with van der Waals surface area (Å²) in [4.78, 5) is 12.6. The first-order valence-corrected chi connectivity index (χ1v) is 9.66. The van der Waals surface area contributed by atoms with Crippen LogP contribution < -0.4 is 5.32 Å². The summed E-state index contributed by atoms with van der Waals surface area (Å²) in [6.07, 6.45) is 2.27. The van der Waals surface area contributed by atoms with Crippen molar-refractivity contribution in [3.05, 3.63) is 70.9 Å². The van der Waals surface area contributed by atoms with Gasteiger partial charge in [-0.2, -0.15) is 0 Å². The van der Waals surface area contributed by atoms with E-state index >= 15 is 0 Å². The Kier molecular flexibility index (Phi) is 4.99. The van der Waals surface area contributed by atoms with E-state index in [9.17, 15) is 4.79 Å². The summed E-state index contributed by atoms with van der Waals surface area (Å²) in [6.45, 7) is 6.51. The summed E-state index contributed by atoms with van der Waals surface area (Å²) < 4.78 is 7.91. The zero-order chi connectivity index (χ0) is 18.8. The van der Waals surface area contributed by atoms with Crippen molar-refractivity contribution in [3.8, 4) is 0 Å². The molecule has 1 fully saturated rings. The van der Waals surface area contributed by atoms with Crippen molar-refractivity contribution in [2.75, 3.05) is 13.2 Å². The summed E-state index contributed by atoms with van der Waals surface area (Å²) in [5.41, 5.74) is 5.63. The molecule has 1 aromatic heterocycles. The molecule has 0 radical (unpaired) electrons. The quantitative estimate of drug-likeness (QED) is 0.739. The molecule has 0 aliphatic carbocycles. The van der Waals surface area contributed by atoms with Gasteiger partial charge >= 0.3 is 0 Å². The molecule has 1 atom stereocenters. The molecule has 1 aliphatic heterocycles. The number of aromatic nitrogens is 1. The minimum atomic E-state index is -0.0275. The van der Waals surface area contributed by atoms with E-state index in [1.165, 1.54) is 22.3 Å². The lowest BCUT2D eigenvalue weighted by Gasteiger charge is -2.11. The lowest BCUT2D eigenvalue weighted by Crippen LogP contribution is -2.31. The van der Waals surface area contributed by atoms with E-state index < -0.39 is 0 Å². The fourth-order valence-corrected chi connectivity index (χ4v) is 3.87. The lowest BCUT2D eigenvalue weighted by molar-refractivity contribution is 0.0858. The van der Waals surface area contributed by atoms with Crippen LogP contribution in [0.3, 0.4) is 0 Å². The number of aryl methyl sites for hydroxylation is 1. The molecule has 1 N–H and O–H groups in total. The van der Waals surface area contributed by atoms with Crippen LogP contribution in [0.25, 0.3) is 10.9 Å². The minimum absolute atomic E-state index is 0.0275. The van der Waals surface area contributed by atoms with Gasteiger partial charge in [0.25, 0.3) is 5.91 Å². The summed E-state index contributed by atoms with van der Waals surface area (Å²) in [5, 5.41) is 4.16. The van der Waals surface area contributed by atoms with Crippen molar-refractivity contribution >= 4 is 16.8 Å². The highest BCUT2D eigenvalue weighted by Crippen LogP contribution is 2.27. The number of benzene rings is 2. The number of nitrogens with zero attached hydrogens (tertiary/aromatic N) is 1. The first-order chi connectivity index (χ1) is 13.1. The maximum atomic E-state index is 12.6. The molecule has 0 saturated carbocycles. The van der Waals surface area contributed by atoms with E-state index in [2.05, 4.69) is 54.1 Å². The average Bonchev–Trinajstić information content (AvgIpc) is 3.30. The molecule has 4 nitrogen and oxygen atoms in total. The Morgan fingerprint density at radius 3 is 2.74 bits per heavy atom. The van der Waals surface area contributed by atoms with Gasteiger partial charge in [-0.25, -0.2) is 0 Å². The SMILES string of the molecule is Cc1c(C)n(Cc2ccccc2)c2ccc(C(=O)NC[C@H]3CCCO3)cc12. The van der Waals surface area contributed by atoms with Crippen molar-refractivity contribution in [2.45, 2.75) is 39.3 Å². The van der Waals surface area contributed by atoms with Crippen LogP contribution in [0, 0.1) is 13.8 Å². The second-order valence-electron chi connectivity index (χ2n) is 7.36. The average molecular weight is 362 g/mol. The van der Waals surface area contributed by atoms with E-state index in [0.717, 1.165) is 31.4 Å². The van der Waals surface area contributed by atoms with Gasteiger partial charge in [-0.3, -0.25) is 4.79 Å². The monoisotopic (exact) mass is 362 g/mol. The zero-order valence-corrected chi connectivity index (χ0v) is 16.0. The lowest BCUT2D eigenvalue weighted by atomic mass is 10.1. The van der Waals surface area contributed by atoms with Gasteiger partial charge in [0.2, 0.25) is 0 Å². The molecule has 1 amide bonds. The van der Waals surface area contributed by atoms with Crippen LogP contribution in [0.1, 0.15) is 40.0 Å². The molecule has 2 aromatic carbocycles. The Labute approximate surface area is 160 Å². The first-order valence-electron chi connectivity index (χ1n) is 9.66. The van der Waals surface area contributed by atoms with Crippen molar-refractivity contribution in [2.24, 2.45) is 0 Å². The van der Waals surface area contributed by atoms with E-state index in [1.807, 2.05) is 18.2 Å². The number of fused-ring (bicyclic) bond motifs is 1. The van der Waals surface area contributed by atoms with Crippen molar-refractivity contribution in [1.29, 1.82) is 0 Å². The topological polar surface area (TPSA) is 43.3 Å². The van der Waals surface area contributed by atoms with E-state index in [0.29, 0.717) is 12.1 Å². The predicted octanol–water partition coefficient (Wildman–Crippen LogP) is 4.22. The number of ether oxygens (including phenoxy) is 1. The molecule has 1 aliphatic rings. The Morgan fingerprint density at radius 1 is 1.19 bits per heavy atom. The summed E-state index contributed by atoms with van der Waals surface area (Å²) in [6, 6.07) is 16.5. The maximum absolute atomic E-state index is 12.6. The first kappa shape index (κ1) is 17.8. The van der Waals surface area contributed by atoms with Crippen LogP contribution in [0.2, 0.25) is 0 Å². The molecule has 140 valence electrons. The number of carbonyl (C=O) groups is 1. The number of nitrogens with one attached hydrogen (secondary N) is 1. The molecule has 4 rings (SSSR count). The highest BCUT2D eigenvalue weighted by atomic mass is 16.5. The molecule has 0 spiro atoms. The Balaban J connectivity index is 1.59. The van der Waals surface area contributed by atoms with Crippen molar-refractivity contribution in [3.63, 3.8) is 0 Å². The van der Waals surface area contributed by atoms with Crippen LogP contribution in [0.15, 0.2) is 48.5 Å². The second-order valence-corrected chi connectivity index (χ2v) is 7.36. The Hall–Kier alpha value is -2.59. The molecule has 1 saturated heterocycles. The molecule has 0 bridgehead atoms. The van der Waals surface area contributed by atoms with Crippen molar-refractivity contribution in [1.82, 2.24) is 9.88 Å². The van der Waals surface area contributed by atoms with Crippen LogP contribution in [-0.2, 0) is 11.3 Å². The third-order valence-electron chi connectivity index (χ3n) is 5.60. The minimum Gasteiger partial charge on any atom is -0.376 e. The largest absolute Gasteiger partial charge is 0.376 e. The van der Waals surface area contributed by atoms with Crippen LogP contribution in [-0.4, -0.2) is 29.7 Å². The normalized spacial score (nSPS) is 16.7. The summed E-state index contributed by atoms with van der Waals surface area (Å²) in [7, 11) is 0. The smallest absolute Gasteiger partial charge is 0.251 e. The molecule has 3 aromatic rings. The number of hydrogen-bond acceptors (Lipinski definition) is 2. The summed E-state index contributed by atoms with van der Waals surface area (Å²) >= 11 is 0. The van der Waals surface area contributed by atoms with E-state index in [-0.39, 0.29) is 12.0 Å². The molecular formula is C23H26N2O2. The molecule has 4 heteroatoms. The van der Waals surface area contributed by atoms with E-state index in [1.54, 1.807) is 0 Å². The number of carbonyl (C=O) groups excluding carboxylic acids is 1. The van der Waals surface area contributed by atoms with Gasteiger partial charge in [-0.15, -0.1) is 0 Å². The molecule has 0 unspecified atom stereocenters. The Morgan fingerprint density at radius 2 is 2.00 bits per heavy atom. The molecule has 2 heterocycles. The third-order valence-corrected chi connectivity index (χ3v) is 5.60. The van der Waals surface area contributed by atoms with Crippen LogP contribution in [0.5, 0.6) is 0 Å². The maximum Gasteiger partial charge on any atom is 0.251 e. The van der Waals surface area contributed by atoms with Gasteiger partial charge in [0.05, 0.1) is 6.10 Å². The van der Waals surface area contributed by atoms with Gasteiger partial charge < -0.3 is 14.6 Å². The van der Waals surface area contributed by atoms with Crippen LogP contribution in [0.4, 0.5) is 0 Å². The van der Waals surface area contributed by atoms with Gasteiger partial charge in [0, 0.05) is 41.9 Å². The standard InChI is InChI=1S/C23H26N2O2/c1-16-17(2)25(15-18-7-4-3-5-8-18)22-11-10-19(13-21(16)22)23(26)24-14-20-9-6-12-27-20/h3-5,7-8,10-11,13,20H,6,9,12,14-15H2,1-2H3,(H,24,26)/t20-/m1/s1. The Bertz CT molecular complexity index is 953. The third kappa shape index (κ3) is 3.62. The summed E-state index contributed by atoms with van der Waals surface area (Å²) in [5.74, 6) is -0.0275. The van der Waals surface area contributed by atoms with Crippen LogP contribution >= 0.6 is 0 Å². The highest BCUT2D eigenvalue weighted by Gasteiger charge is 2.18. The number of hydrogen-bond donors (Lipinski definition) is 1. The van der Waals surface area contributed by atoms with Crippen molar-refractivity contribution < 1.29 is 9.53 Å². The zero-order valence-electron chi connectivity index (χ0n) is 16.0. The van der Waals surface area contributed by atoms with E-state index in [4.69, 9.17) is 4.74 Å². The fraction of sp³-hybridized carbons (Fsp3) is 0.348.